The van der Waals surface area contributed by atoms with Crippen LogP contribution in [0, 0.1) is 0 Å². The van der Waals surface area contributed by atoms with E-state index in [1.807, 2.05) is 19.4 Å². The molecule has 1 aromatic heterocycles. The molecule has 6 heteroatoms. The fraction of sp³-hybridized carbons (Fsp3) is 0.524. The predicted molar refractivity (Wildman–Crippen MR) is 109 cm³/mol. The molecule has 0 aliphatic carbocycles. The van der Waals surface area contributed by atoms with Crippen molar-refractivity contribution in [1.82, 2.24) is 24.7 Å². The largest absolute Gasteiger partial charge is 0.349 e. The van der Waals surface area contributed by atoms with Gasteiger partial charge < -0.3 is 14.8 Å². The van der Waals surface area contributed by atoms with E-state index in [1.54, 1.807) is 0 Å². The second-order valence-corrected chi connectivity index (χ2v) is 7.49. The SMILES string of the molecule is CN=C(NCc1nccn1Cc1ccccc1)N1CCC(N2CCCC2)C1. The highest BCUT2D eigenvalue weighted by molar-refractivity contribution is 5.80. The second kappa shape index (κ2) is 8.57. The van der Waals surface area contributed by atoms with E-state index >= 15 is 0 Å². The number of aliphatic imine (C=N–C) groups is 1. The van der Waals surface area contributed by atoms with E-state index in [4.69, 9.17) is 0 Å². The average molecular weight is 367 g/mol. The Bertz CT molecular complexity index is 747. The van der Waals surface area contributed by atoms with E-state index in [0.29, 0.717) is 12.6 Å². The zero-order chi connectivity index (χ0) is 18.5. The third-order valence-corrected chi connectivity index (χ3v) is 5.73. The molecule has 0 bridgehead atoms. The molecule has 2 aromatic rings. The highest BCUT2D eigenvalue weighted by Gasteiger charge is 2.30. The molecule has 1 unspecified atom stereocenters. The van der Waals surface area contributed by atoms with Crippen LogP contribution in [-0.4, -0.2) is 64.6 Å². The first kappa shape index (κ1) is 18.0. The van der Waals surface area contributed by atoms with E-state index < -0.39 is 0 Å². The topological polar surface area (TPSA) is 48.7 Å². The minimum absolute atomic E-state index is 0.686. The van der Waals surface area contributed by atoms with Gasteiger partial charge in [-0.25, -0.2) is 4.98 Å². The van der Waals surface area contributed by atoms with Crippen LogP contribution < -0.4 is 5.32 Å². The van der Waals surface area contributed by atoms with Gasteiger partial charge in [0, 0.05) is 45.1 Å². The summed E-state index contributed by atoms with van der Waals surface area (Å²) in [5, 5.41) is 3.53. The number of rotatable bonds is 5. The van der Waals surface area contributed by atoms with Crippen molar-refractivity contribution in [1.29, 1.82) is 0 Å². The number of nitrogens with one attached hydrogen (secondary N) is 1. The van der Waals surface area contributed by atoms with E-state index in [-0.39, 0.29) is 0 Å². The van der Waals surface area contributed by atoms with Gasteiger partial charge in [-0.05, 0) is 37.9 Å². The van der Waals surface area contributed by atoms with E-state index in [9.17, 15) is 0 Å². The van der Waals surface area contributed by atoms with E-state index in [1.165, 1.54) is 37.9 Å². The van der Waals surface area contributed by atoms with Crippen LogP contribution >= 0.6 is 0 Å². The van der Waals surface area contributed by atoms with Crippen LogP contribution in [0.1, 0.15) is 30.7 Å². The van der Waals surface area contributed by atoms with Crippen molar-refractivity contribution in [3.05, 3.63) is 54.1 Å². The molecule has 144 valence electrons. The minimum atomic E-state index is 0.686. The highest BCUT2D eigenvalue weighted by atomic mass is 15.3. The van der Waals surface area contributed by atoms with E-state index in [2.05, 4.69) is 60.0 Å². The number of guanidine groups is 1. The Labute approximate surface area is 161 Å². The van der Waals surface area contributed by atoms with Gasteiger partial charge in [0.1, 0.15) is 5.82 Å². The summed E-state index contributed by atoms with van der Waals surface area (Å²) in [6.07, 6.45) is 7.87. The third-order valence-electron chi connectivity index (χ3n) is 5.73. The first-order chi connectivity index (χ1) is 13.3. The molecule has 0 amide bonds. The lowest BCUT2D eigenvalue weighted by Gasteiger charge is -2.25. The molecule has 2 aliphatic rings. The first-order valence-electron chi connectivity index (χ1n) is 10.1. The zero-order valence-electron chi connectivity index (χ0n) is 16.2. The quantitative estimate of drug-likeness (QED) is 0.651. The van der Waals surface area contributed by atoms with Gasteiger partial charge in [-0.1, -0.05) is 30.3 Å². The summed E-state index contributed by atoms with van der Waals surface area (Å²) in [6.45, 7) is 6.23. The highest BCUT2D eigenvalue weighted by Crippen LogP contribution is 2.20. The van der Waals surface area contributed by atoms with Crippen LogP contribution in [0.3, 0.4) is 0 Å². The maximum Gasteiger partial charge on any atom is 0.194 e. The van der Waals surface area contributed by atoms with Crippen molar-refractivity contribution < 1.29 is 0 Å². The van der Waals surface area contributed by atoms with Gasteiger partial charge in [0.25, 0.3) is 0 Å². The molecule has 2 fully saturated rings. The zero-order valence-corrected chi connectivity index (χ0v) is 16.2. The van der Waals surface area contributed by atoms with Crippen molar-refractivity contribution >= 4 is 5.96 Å². The van der Waals surface area contributed by atoms with Crippen LogP contribution in [0.4, 0.5) is 0 Å². The van der Waals surface area contributed by atoms with Crippen molar-refractivity contribution in [2.24, 2.45) is 4.99 Å². The molecule has 1 aromatic carbocycles. The minimum Gasteiger partial charge on any atom is -0.349 e. The molecule has 3 heterocycles. The number of likely N-dealkylation sites (tertiary alicyclic amines) is 2. The number of benzene rings is 1. The lowest BCUT2D eigenvalue weighted by molar-refractivity contribution is 0.249. The fourth-order valence-electron chi connectivity index (χ4n) is 4.26. The Morgan fingerprint density at radius 3 is 2.78 bits per heavy atom. The number of nitrogens with zero attached hydrogens (tertiary/aromatic N) is 5. The first-order valence-corrected chi connectivity index (χ1v) is 10.1. The Morgan fingerprint density at radius 2 is 2.00 bits per heavy atom. The lowest BCUT2D eigenvalue weighted by atomic mass is 10.2. The van der Waals surface area contributed by atoms with Crippen molar-refractivity contribution in [3.63, 3.8) is 0 Å². The summed E-state index contributed by atoms with van der Waals surface area (Å²) >= 11 is 0. The van der Waals surface area contributed by atoms with E-state index in [0.717, 1.165) is 31.4 Å². The fourth-order valence-corrected chi connectivity index (χ4v) is 4.26. The van der Waals surface area contributed by atoms with Gasteiger partial charge in [0.2, 0.25) is 0 Å². The normalized spacial score (nSPS) is 21.1. The standard InChI is InChI=1S/C21H30N6/c1-22-21(27-13-9-19(17-27)25-11-5-6-12-25)24-15-20-23-10-14-26(20)16-18-7-3-2-4-8-18/h2-4,7-8,10,14,19H,5-6,9,11-13,15-17H2,1H3,(H,22,24). The van der Waals surface area contributed by atoms with Crippen LogP contribution in [0.25, 0.3) is 0 Å². The van der Waals surface area contributed by atoms with Gasteiger partial charge in [-0.3, -0.25) is 9.89 Å². The summed E-state index contributed by atoms with van der Waals surface area (Å²) in [6, 6.07) is 11.2. The molecule has 6 nitrogen and oxygen atoms in total. The maximum atomic E-state index is 4.54. The van der Waals surface area contributed by atoms with Crippen LogP contribution in [0.15, 0.2) is 47.7 Å². The summed E-state index contributed by atoms with van der Waals surface area (Å²) in [5.74, 6) is 2.03. The molecule has 27 heavy (non-hydrogen) atoms. The summed E-state index contributed by atoms with van der Waals surface area (Å²) in [7, 11) is 1.88. The smallest absolute Gasteiger partial charge is 0.194 e. The Kier molecular flexibility index (Phi) is 5.72. The monoisotopic (exact) mass is 366 g/mol. The molecule has 4 rings (SSSR count). The summed E-state index contributed by atoms with van der Waals surface area (Å²) < 4.78 is 2.20. The molecule has 1 atom stereocenters. The molecule has 2 aliphatic heterocycles. The number of hydrogen-bond donors (Lipinski definition) is 1. The van der Waals surface area contributed by atoms with Crippen molar-refractivity contribution in [2.45, 2.75) is 38.4 Å². The Balaban J connectivity index is 1.33. The van der Waals surface area contributed by atoms with Gasteiger partial charge in [-0.15, -0.1) is 0 Å². The predicted octanol–water partition coefficient (Wildman–Crippen LogP) is 2.18. The second-order valence-electron chi connectivity index (χ2n) is 7.49. The number of imidazole rings is 1. The molecule has 0 saturated carbocycles. The molecule has 1 N–H and O–H groups in total. The van der Waals surface area contributed by atoms with Crippen molar-refractivity contribution in [2.75, 3.05) is 33.2 Å². The van der Waals surface area contributed by atoms with Gasteiger partial charge >= 0.3 is 0 Å². The van der Waals surface area contributed by atoms with Crippen LogP contribution in [0.5, 0.6) is 0 Å². The van der Waals surface area contributed by atoms with Crippen LogP contribution in [0.2, 0.25) is 0 Å². The van der Waals surface area contributed by atoms with Crippen molar-refractivity contribution in [3.8, 4) is 0 Å². The summed E-state index contributed by atoms with van der Waals surface area (Å²) in [5.41, 5.74) is 1.29. The molecule has 0 spiro atoms. The van der Waals surface area contributed by atoms with Gasteiger partial charge in [-0.2, -0.15) is 0 Å². The van der Waals surface area contributed by atoms with Gasteiger partial charge in [0.15, 0.2) is 5.96 Å². The third kappa shape index (κ3) is 4.33. The molecule has 0 radical (unpaired) electrons. The lowest BCUT2D eigenvalue weighted by Crippen LogP contribution is -2.42. The average Bonchev–Trinajstić information content (AvgIpc) is 3.45. The van der Waals surface area contributed by atoms with Gasteiger partial charge in [0.05, 0.1) is 6.54 Å². The molecular weight excluding hydrogens is 336 g/mol. The Morgan fingerprint density at radius 1 is 1.19 bits per heavy atom. The number of aromatic nitrogens is 2. The Hall–Kier alpha value is -2.34. The van der Waals surface area contributed by atoms with Crippen LogP contribution in [-0.2, 0) is 13.1 Å². The molecule has 2 saturated heterocycles. The number of hydrogen-bond acceptors (Lipinski definition) is 3. The molecular formula is C21H30N6. The summed E-state index contributed by atoms with van der Waals surface area (Å²) in [4.78, 5) is 14.1. The maximum absolute atomic E-state index is 4.54.